The van der Waals surface area contributed by atoms with Crippen molar-refractivity contribution in [3.05, 3.63) is 82.1 Å². The van der Waals surface area contributed by atoms with Crippen molar-refractivity contribution in [1.82, 2.24) is 19.8 Å². The molecular weight excluding hydrogens is 358 g/mol. The minimum absolute atomic E-state index is 0.298. The van der Waals surface area contributed by atoms with E-state index >= 15 is 0 Å². The average Bonchev–Trinajstić information content (AvgIpc) is 3.09. The fraction of sp³-hybridized carbons (Fsp3) is 0.0556. The largest absolute Gasteiger partial charge is 0.290 e. The average molecular weight is 370 g/mol. The lowest BCUT2D eigenvalue weighted by molar-refractivity contribution is 0.617. The second-order valence-corrected chi connectivity index (χ2v) is 6.49. The first-order valence-electron chi connectivity index (χ1n) is 7.72. The predicted octanol–water partition coefficient (Wildman–Crippen LogP) is 3.66. The van der Waals surface area contributed by atoms with Crippen LogP contribution in [0.25, 0.3) is 16.8 Å². The third-order valence-electron chi connectivity index (χ3n) is 3.83. The number of H-pyrrole nitrogens is 1. The number of aromatic amines is 1. The predicted molar refractivity (Wildman–Crippen MR) is 95.0 cm³/mol. The highest BCUT2D eigenvalue weighted by Crippen LogP contribution is 2.24. The number of benzene rings is 2. The van der Waals surface area contributed by atoms with Crippen LogP contribution in [-0.2, 0) is 5.75 Å². The van der Waals surface area contributed by atoms with Crippen LogP contribution >= 0.6 is 11.8 Å². The van der Waals surface area contributed by atoms with Gasteiger partial charge in [0.15, 0.2) is 0 Å². The quantitative estimate of drug-likeness (QED) is 0.557. The molecule has 2 heterocycles. The normalized spacial score (nSPS) is 11.2. The van der Waals surface area contributed by atoms with Gasteiger partial charge in [0.25, 0.3) is 5.56 Å². The van der Waals surface area contributed by atoms with Gasteiger partial charge in [0.2, 0.25) is 5.16 Å². The highest BCUT2D eigenvalue weighted by atomic mass is 32.2. The molecule has 26 heavy (non-hydrogen) atoms. The van der Waals surface area contributed by atoms with Gasteiger partial charge in [-0.05, 0) is 42.0 Å². The van der Waals surface area contributed by atoms with Gasteiger partial charge in [-0.1, -0.05) is 30.0 Å². The first-order valence-corrected chi connectivity index (χ1v) is 8.71. The highest BCUT2D eigenvalue weighted by Gasteiger charge is 2.13. The fourth-order valence-corrected chi connectivity index (χ4v) is 3.40. The van der Waals surface area contributed by atoms with Crippen molar-refractivity contribution in [3.8, 4) is 11.3 Å². The Morgan fingerprint density at radius 1 is 1.08 bits per heavy atom. The number of hydrogen-bond acceptors (Lipinski definition) is 4. The van der Waals surface area contributed by atoms with Crippen molar-refractivity contribution in [1.29, 1.82) is 0 Å². The summed E-state index contributed by atoms with van der Waals surface area (Å²) in [7, 11) is 0. The highest BCUT2D eigenvalue weighted by molar-refractivity contribution is 7.98. The van der Waals surface area contributed by atoms with Crippen LogP contribution in [0.2, 0.25) is 0 Å². The van der Waals surface area contributed by atoms with E-state index in [1.165, 1.54) is 34.5 Å². The molecule has 0 amide bonds. The molecule has 0 saturated carbocycles. The van der Waals surface area contributed by atoms with Gasteiger partial charge in [-0.3, -0.25) is 4.79 Å². The zero-order valence-corrected chi connectivity index (χ0v) is 14.1. The van der Waals surface area contributed by atoms with Crippen molar-refractivity contribution in [2.45, 2.75) is 10.9 Å². The van der Waals surface area contributed by atoms with Gasteiger partial charge in [0, 0.05) is 11.3 Å². The summed E-state index contributed by atoms with van der Waals surface area (Å²) in [6, 6.07) is 13.9. The van der Waals surface area contributed by atoms with Crippen LogP contribution in [0, 0.1) is 11.6 Å². The Hall–Kier alpha value is -3.00. The Morgan fingerprint density at radius 2 is 1.85 bits per heavy atom. The maximum absolute atomic E-state index is 13.8. The smallest absolute Gasteiger partial charge is 0.266 e. The van der Waals surface area contributed by atoms with E-state index in [0.29, 0.717) is 33.2 Å². The molecule has 1 N–H and O–H groups in total. The molecule has 0 unspecified atom stereocenters. The first kappa shape index (κ1) is 16.5. The summed E-state index contributed by atoms with van der Waals surface area (Å²) in [6.07, 6.45) is 0. The lowest BCUT2D eigenvalue weighted by Gasteiger charge is -2.04. The van der Waals surface area contributed by atoms with Gasteiger partial charge >= 0.3 is 0 Å². The molecule has 2 aromatic heterocycles. The van der Waals surface area contributed by atoms with Crippen molar-refractivity contribution in [2.24, 2.45) is 0 Å². The number of rotatable bonds is 4. The van der Waals surface area contributed by atoms with Crippen LogP contribution in [0.15, 0.2) is 64.5 Å². The van der Waals surface area contributed by atoms with Crippen LogP contribution < -0.4 is 5.56 Å². The molecule has 0 aliphatic carbocycles. The van der Waals surface area contributed by atoms with E-state index in [9.17, 15) is 13.6 Å². The Balaban J connectivity index is 1.71. The lowest BCUT2D eigenvalue weighted by Crippen LogP contribution is -2.13. The molecule has 0 spiro atoms. The van der Waals surface area contributed by atoms with Crippen LogP contribution in [0.5, 0.6) is 0 Å². The minimum Gasteiger partial charge on any atom is -0.266 e. The third-order valence-corrected chi connectivity index (χ3v) is 4.81. The summed E-state index contributed by atoms with van der Waals surface area (Å²) in [5, 5.41) is 11.3. The maximum Gasteiger partial charge on any atom is 0.290 e. The van der Waals surface area contributed by atoms with Crippen molar-refractivity contribution < 1.29 is 8.78 Å². The number of fused-ring (bicyclic) bond motifs is 1. The lowest BCUT2D eigenvalue weighted by atomic mass is 10.1. The van der Waals surface area contributed by atoms with Gasteiger partial charge in [-0.2, -0.15) is 5.10 Å². The summed E-state index contributed by atoms with van der Waals surface area (Å²) in [4.78, 5) is 12.0. The molecule has 0 atom stereocenters. The number of thioether (sulfide) groups is 1. The van der Waals surface area contributed by atoms with Crippen molar-refractivity contribution >= 4 is 17.3 Å². The van der Waals surface area contributed by atoms with Gasteiger partial charge in [-0.15, -0.1) is 5.10 Å². The Bertz CT molecular complexity index is 1140. The maximum atomic E-state index is 13.8. The number of hydrogen-bond donors (Lipinski definition) is 1. The van der Waals surface area contributed by atoms with E-state index in [4.69, 9.17) is 0 Å². The van der Waals surface area contributed by atoms with Crippen LogP contribution in [0.3, 0.4) is 0 Å². The van der Waals surface area contributed by atoms with Crippen LogP contribution in [0.4, 0.5) is 8.78 Å². The van der Waals surface area contributed by atoms with Gasteiger partial charge in [-0.25, -0.2) is 18.4 Å². The monoisotopic (exact) mass is 370 g/mol. The van der Waals surface area contributed by atoms with E-state index < -0.39 is 0 Å². The number of nitrogens with one attached hydrogen (secondary N) is 1. The molecule has 8 heteroatoms. The SMILES string of the molecule is O=c1[nH]nc(SCc2ccccc2F)n2nc(-c3ccc(F)cc3)cc12. The summed E-state index contributed by atoms with van der Waals surface area (Å²) in [6.45, 7) is 0. The number of halogens is 2. The molecule has 2 aromatic carbocycles. The molecule has 0 fully saturated rings. The van der Waals surface area contributed by atoms with E-state index in [-0.39, 0.29) is 17.2 Å². The summed E-state index contributed by atoms with van der Waals surface area (Å²) >= 11 is 1.26. The number of nitrogens with zero attached hydrogens (tertiary/aromatic N) is 3. The summed E-state index contributed by atoms with van der Waals surface area (Å²) in [5.74, 6) is -0.307. The number of aromatic nitrogens is 4. The molecule has 4 rings (SSSR count). The molecule has 0 saturated heterocycles. The molecule has 130 valence electrons. The van der Waals surface area contributed by atoms with Gasteiger partial charge < -0.3 is 0 Å². The fourth-order valence-electron chi connectivity index (χ4n) is 2.50. The van der Waals surface area contributed by atoms with Gasteiger partial charge in [0.05, 0.1) is 5.69 Å². The minimum atomic E-state index is -0.388. The molecule has 4 aromatic rings. The summed E-state index contributed by atoms with van der Waals surface area (Å²) < 4.78 is 28.3. The standard InChI is InChI=1S/C18H12F2N4OS/c19-13-7-5-11(6-8-13)15-9-16-17(25)21-22-18(24(16)23-15)26-10-12-3-1-2-4-14(12)20/h1-9H,10H2,(H,21,25). The Labute approximate surface area is 150 Å². The van der Waals surface area contributed by atoms with Gasteiger partial charge in [0.1, 0.15) is 17.2 Å². The van der Waals surface area contributed by atoms with E-state index in [1.807, 2.05) is 0 Å². The molecule has 0 radical (unpaired) electrons. The van der Waals surface area contributed by atoms with Crippen LogP contribution in [0.1, 0.15) is 5.56 Å². The first-order chi connectivity index (χ1) is 12.6. The zero-order chi connectivity index (χ0) is 18.1. The molecule has 5 nitrogen and oxygen atoms in total. The topological polar surface area (TPSA) is 63.0 Å². The van der Waals surface area contributed by atoms with E-state index in [2.05, 4.69) is 15.3 Å². The van der Waals surface area contributed by atoms with E-state index in [0.717, 1.165) is 0 Å². The Kier molecular flexibility index (Phi) is 4.26. The molecular formula is C18H12F2N4OS. The van der Waals surface area contributed by atoms with Crippen molar-refractivity contribution in [2.75, 3.05) is 0 Å². The second-order valence-electron chi connectivity index (χ2n) is 5.55. The second kappa shape index (κ2) is 6.72. The third kappa shape index (κ3) is 3.11. The zero-order valence-electron chi connectivity index (χ0n) is 13.3. The molecule has 0 aliphatic heterocycles. The van der Waals surface area contributed by atoms with Crippen molar-refractivity contribution in [3.63, 3.8) is 0 Å². The van der Waals surface area contributed by atoms with Crippen LogP contribution in [-0.4, -0.2) is 19.8 Å². The molecule has 0 bridgehead atoms. The summed E-state index contributed by atoms with van der Waals surface area (Å²) in [5.41, 5.74) is 1.66. The Morgan fingerprint density at radius 3 is 2.62 bits per heavy atom. The molecule has 0 aliphatic rings. The van der Waals surface area contributed by atoms with E-state index in [1.54, 1.807) is 36.4 Å².